The summed E-state index contributed by atoms with van der Waals surface area (Å²) in [5.41, 5.74) is 1.74. The molecule has 0 spiro atoms. The van der Waals surface area contributed by atoms with E-state index in [4.69, 9.17) is 11.6 Å². The number of halogens is 1. The van der Waals surface area contributed by atoms with E-state index in [2.05, 4.69) is 4.98 Å². The summed E-state index contributed by atoms with van der Waals surface area (Å²) in [7, 11) is 3.48. The van der Waals surface area contributed by atoms with E-state index in [0.29, 0.717) is 9.90 Å². The predicted molar refractivity (Wildman–Crippen MR) is 75.3 cm³/mol. The average molecular weight is 281 g/mol. The summed E-state index contributed by atoms with van der Waals surface area (Å²) < 4.78 is 0. The molecule has 0 aliphatic carbocycles. The first-order chi connectivity index (χ1) is 8.49. The molecule has 3 nitrogen and oxygen atoms in total. The minimum absolute atomic E-state index is 0.00906. The lowest BCUT2D eigenvalue weighted by Gasteiger charge is -2.07. The van der Waals surface area contributed by atoms with Gasteiger partial charge in [0.15, 0.2) is 0 Å². The van der Waals surface area contributed by atoms with Crippen LogP contribution in [0.15, 0.2) is 24.3 Å². The fraction of sp³-hybridized carbons (Fsp3) is 0.231. The number of carbonyl (C=O) groups is 1. The summed E-state index contributed by atoms with van der Waals surface area (Å²) in [6.45, 7) is 1.85. The third-order valence-electron chi connectivity index (χ3n) is 2.49. The Morgan fingerprint density at radius 2 is 1.89 bits per heavy atom. The van der Waals surface area contributed by atoms with Crippen LogP contribution in [0.2, 0.25) is 5.02 Å². The van der Waals surface area contributed by atoms with Gasteiger partial charge in [-0.25, -0.2) is 4.98 Å². The molecule has 1 aromatic carbocycles. The first kappa shape index (κ1) is 13.1. The van der Waals surface area contributed by atoms with Gasteiger partial charge in [-0.1, -0.05) is 23.7 Å². The molecule has 2 rings (SSSR count). The first-order valence-electron chi connectivity index (χ1n) is 5.44. The molecular formula is C13H13ClN2OS. The van der Waals surface area contributed by atoms with E-state index >= 15 is 0 Å². The minimum atomic E-state index is -0.00906. The largest absolute Gasteiger partial charge is 0.344 e. The molecule has 94 valence electrons. The van der Waals surface area contributed by atoms with Crippen LogP contribution in [0.5, 0.6) is 0 Å². The van der Waals surface area contributed by atoms with Gasteiger partial charge >= 0.3 is 0 Å². The van der Waals surface area contributed by atoms with E-state index in [1.165, 1.54) is 11.3 Å². The summed E-state index contributed by atoms with van der Waals surface area (Å²) in [5, 5.41) is 1.53. The molecule has 0 bridgehead atoms. The second kappa shape index (κ2) is 5.08. The van der Waals surface area contributed by atoms with Crippen LogP contribution in [0.25, 0.3) is 10.6 Å². The summed E-state index contributed by atoms with van der Waals surface area (Å²) >= 11 is 7.26. The van der Waals surface area contributed by atoms with E-state index < -0.39 is 0 Å². The molecule has 18 heavy (non-hydrogen) atoms. The maximum absolute atomic E-state index is 11.9. The van der Waals surface area contributed by atoms with Crippen molar-refractivity contribution in [1.82, 2.24) is 9.88 Å². The molecular weight excluding hydrogens is 268 g/mol. The number of carbonyl (C=O) groups excluding carboxylic acids is 1. The Labute approximate surface area is 115 Å². The number of hydrogen-bond acceptors (Lipinski definition) is 3. The van der Waals surface area contributed by atoms with Gasteiger partial charge in [-0.2, -0.15) is 0 Å². The molecule has 0 N–H and O–H groups in total. The maximum atomic E-state index is 11.9. The molecule has 0 aliphatic rings. The average Bonchev–Trinajstić information content (AvgIpc) is 2.71. The second-order valence-corrected chi connectivity index (χ2v) is 5.58. The minimum Gasteiger partial charge on any atom is -0.344 e. The normalized spacial score (nSPS) is 10.4. The van der Waals surface area contributed by atoms with Gasteiger partial charge < -0.3 is 4.90 Å². The zero-order valence-electron chi connectivity index (χ0n) is 10.4. The molecule has 0 saturated carbocycles. The first-order valence-corrected chi connectivity index (χ1v) is 6.63. The van der Waals surface area contributed by atoms with Crippen LogP contribution in [0.1, 0.15) is 15.4 Å². The molecule has 1 amide bonds. The highest BCUT2D eigenvalue weighted by Crippen LogP contribution is 2.29. The lowest BCUT2D eigenvalue weighted by atomic mass is 10.2. The summed E-state index contributed by atoms with van der Waals surface area (Å²) in [5.74, 6) is -0.00906. The number of rotatable bonds is 2. The number of hydrogen-bond donors (Lipinski definition) is 0. The van der Waals surface area contributed by atoms with Gasteiger partial charge in [0.2, 0.25) is 0 Å². The lowest BCUT2D eigenvalue weighted by molar-refractivity contribution is 0.0831. The number of thiazole rings is 1. The van der Waals surface area contributed by atoms with Crippen molar-refractivity contribution in [2.45, 2.75) is 6.92 Å². The highest BCUT2D eigenvalue weighted by molar-refractivity contribution is 7.17. The third-order valence-corrected chi connectivity index (χ3v) is 3.93. The van der Waals surface area contributed by atoms with Gasteiger partial charge in [0.1, 0.15) is 9.88 Å². The number of nitrogens with zero attached hydrogens (tertiary/aromatic N) is 2. The van der Waals surface area contributed by atoms with Gasteiger partial charge in [-0.05, 0) is 19.1 Å². The number of amides is 1. The van der Waals surface area contributed by atoms with Crippen LogP contribution < -0.4 is 0 Å². The standard InChI is InChI=1S/C13H13ClN2OS/c1-8-11(13(17)16(2)3)18-12(15-8)9-4-6-10(14)7-5-9/h4-7H,1-3H3. The molecule has 0 radical (unpaired) electrons. The van der Waals surface area contributed by atoms with E-state index in [1.54, 1.807) is 19.0 Å². The fourth-order valence-electron chi connectivity index (χ4n) is 1.51. The quantitative estimate of drug-likeness (QED) is 0.844. The van der Waals surface area contributed by atoms with Crippen LogP contribution in [0, 0.1) is 6.92 Å². The Morgan fingerprint density at radius 1 is 1.28 bits per heavy atom. The molecule has 0 unspecified atom stereocenters. The van der Waals surface area contributed by atoms with Crippen molar-refractivity contribution in [3.05, 3.63) is 39.9 Å². The summed E-state index contributed by atoms with van der Waals surface area (Å²) in [6.07, 6.45) is 0. The van der Waals surface area contributed by atoms with Crippen molar-refractivity contribution in [3.8, 4) is 10.6 Å². The molecule has 0 aliphatic heterocycles. The highest BCUT2D eigenvalue weighted by atomic mass is 35.5. The number of aromatic nitrogens is 1. The van der Waals surface area contributed by atoms with Crippen molar-refractivity contribution in [2.24, 2.45) is 0 Å². The van der Waals surface area contributed by atoms with Crippen LogP contribution in [0.3, 0.4) is 0 Å². The Hall–Kier alpha value is -1.39. The molecule has 1 heterocycles. The predicted octanol–water partition coefficient (Wildman–Crippen LogP) is 3.47. The zero-order chi connectivity index (χ0) is 13.3. The summed E-state index contributed by atoms with van der Waals surface area (Å²) in [4.78, 5) is 18.6. The van der Waals surface area contributed by atoms with Crippen LogP contribution in [-0.4, -0.2) is 29.9 Å². The smallest absolute Gasteiger partial charge is 0.265 e. The lowest BCUT2D eigenvalue weighted by Crippen LogP contribution is -2.21. The molecule has 2 aromatic rings. The SMILES string of the molecule is Cc1nc(-c2ccc(Cl)cc2)sc1C(=O)N(C)C. The van der Waals surface area contributed by atoms with Crippen LogP contribution in [-0.2, 0) is 0 Å². The van der Waals surface area contributed by atoms with Gasteiger partial charge in [-0.15, -0.1) is 11.3 Å². The monoisotopic (exact) mass is 280 g/mol. The van der Waals surface area contributed by atoms with Crippen molar-refractivity contribution in [1.29, 1.82) is 0 Å². The fourth-order valence-corrected chi connectivity index (χ4v) is 2.73. The molecule has 0 atom stereocenters. The Morgan fingerprint density at radius 3 is 2.44 bits per heavy atom. The number of aryl methyl sites for hydroxylation is 1. The van der Waals surface area contributed by atoms with E-state index in [-0.39, 0.29) is 5.91 Å². The second-order valence-electron chi connectivity index (χ2n) is 4.14. The Balaban J connectivity index is 2.40. The van der Waals surface area contributed by atoms with Gasteiger partial charge in [0.25, 0.3) is 5.91 Å². The Bertz CT molecular complexity index is 575. The highest BCUT2D eigenvalue weighted by Gasteiger charge is 2.17. The molecule has 0 saturated heterocycles. The summed E-state index contributed by atoms with van der Waals surface area (Å²) in [6, 6.07) is 7.46. The van der Waals surface area contributed by atoms with E-state index in [0.717, 1.165) is 16.3 Å². The molecule has 0 fully saturated rings. The van der Waals surface area contributed by atoms with Crippen molar-refractivity contribution >= 4 is 28.8 Å². The van der Waals surface area contributed by atoms with Crippen molar-refractivity contribution < 1.29 is 4.79 Å². The molecule has 1 aromatic heterocycles. The van der Waals surface area contributed by atoms with Gasteiger partial charge in [0, 0.05) is 24.7 Å². The van der Waals surface area contributed by atoms with Crippen LogP contribution in [0.4, 0.5) is 0 Å². The zero-order valence-corrected chi connectivity index (χ0v) is 12.0. The van der Waals surface area contributed by atoms with Crippen molar-refractivity contribution in [3.63, 3.8) is 0 Å². The van der Waals surface area contributed by atoms with E-state index in [9.17, 15) is 4.79 Å². The molecule has 5 heteroatoms. The number of benzene rings is 1. The van der Waals surface area contributed by atoms with Crippen LogP contribution >= 0.6 is 22.9 Å². The van der Waals surface area contributed by atoms with Gasteiger partial charge in [0.05, 0.1) is 5.69 Å². The maximum Gasteiger partial charge on any atom is 0.265 e. The van der Waals surface area contributed by atoms with Crippen molar-refractivity contribution in [2.75, 3.05) is 14.1 Å². The third kappa shape index (κ3) is 2.54. The topological polar surface area (TPSA) is 33.2 Å². The Kier molecular flexibility index (Phi) is 3.68. The van der Waals surface area contributed by atoms with E-state index in [1.807, 2.05) is 31.2 Å². The van der Waals surface area contributed by atoms with Gasteiger partial charge in [-0.3, -0.25) is 4.79 Å².